The van der Waals surface area contributed by atoms with Gasteiger partial charge in [-0.1, -0.05) is 0 Å². The van der Waals surface area contributed by atoms with Crippen LogP contribution in [0.4, 0.5) is 10.1 Å². The lowest BCUT2D eigenvalue weighted by Gasteiger charge is -2.28. The third-order valence-electron chi connectivity index (χ3n) is 5.64. The molecular weight excluding hydrogens is 459 g/mol. The summed E-state index contributed by atoms with van der Waals surface area (Å²) in [5, 5.41) is 12.9. The number of aryl methyl sites for hydroxylation is 2. The summed E-state index contributed by atoms with van der Waals surface area (Å²) in [6, 6.07) is 9.43. The molecule has 2 aromatic heterocycles. The van der Waals surface area contributed by atoms with Crippen LogP contribution in [0.5, 0.6) is 0 Å². The topological polar surface area (TPSA) is 78.1 Å². The Labute approximate surface area is 199 Å². The van der Waals surface area contributed by atoms with E-state index in [2.05, 4.69) is 11.4 Å². The van der Waals surface area contributed by atoms with Crippen molar-refractivity contribution < 1.29 is 14.0 Å². The van der Waals surface area contributed by atoms with Gasteiger partial charge in [0.25, 0.3) is 11.8 Å². The Balaban J connectivity index is 1.80. The molecule has 3 aromatic rings. The zero-order valence-electron chi connectivity index (χ0n) is 18.3. The first kappa shape index (κ1) is 22.6. The van der Waals surface area contributed by atoms with Crippen molar-refractivity contribution in [3.8, 4) is 11.1 Å². The van der Waals surface area contributed by atoms with Crippen LogP contribution in [0.3, 0.4) is 0 Å². The van der Waals surface area contributed by atoms with Gasteiger partial charge in [0.2, 0.25) is 0 Å². The number of rotatable bonds is 3. The Morgan fingerprint density at radius 2 is 1.82 bits per heavy atom. The van der Waals surface area contributed by atoms with Crippen LogP contribution in [0.15, 0.2) is 35.9 Å². The molecule has 0 unspecified atom stereocenters. The minimum Gasteiger partial charge on any atom is -0.308 e. The summed E-state index contributed by atoms with van der Waals surface area (Å²) >= 11 is 6.71. The number of amides is 2. The number of thiocarbonyl (C=S) groups is 1. The number of anilines is 1. The van der Waals surface area contributed by atoms with Crippen LogP contribution in [-0.4, -0.2) is 21.5 Å². The summed E-state index contributed by atoms with van der Waals surface area (Å²) in [6.45, 7) is 7.67. The average molecular weight is 479 g/mol. The zero-order valence-corrected chi connectivity index (χ0v) is 19.9. The highest BCUT2D eigenvalue weighted by molar-refractivity contribution is 7.80. The molecule has 1 N–H and O–H groups in total. The van der Waals surface area contributed by atoms with Gasteiger partial charge in [0, 0.05) is 16.3 Å². The largest absolute Gasteiger partial charge is 0.308 e. The van der Waals surface area contributed by atoms with Gasteiger partial charge in [-0.3, -0.25) is 19.8 Å². The molecule has 1 aromatic carbocycles. The number of benzene rings is 1. The fraction of sp³-hybridized carbons (Fsp3) is 0.167. The predicted molar refractivity (Wildman–Crippen MR) is 130 cm³/mol. The van der Waals surface area contributed by atoms with E-state index in [1.165, 1.54) is 46.6 Å². The SMILES string of the molecule is Cc1sc(-n2c(C)cc(/C=C3/C(=O)NC(=S)N(c4ccc(F)cc4)C3=O)c2C)c(C#N)c1C. The molecule has 6 nitrogen and oxygen atoms in total. The van der Waals surface area contributed by atoms with Gasteiger partial charge in [-0.25, -0.2) is 4.39 Å². The molecule has 33 heavy (non-hydrogen) atoms. The number of nitrogens with one attached hydrogen (secondary N) is 1. The van der Waals surface area contributed by atoms with Crippen LogP contribution in [0.2, 0.25) is 0 Å². The minimum atomic E-state index is -0.603. The highest BCUT2D eigenvalue weighted by Crippen LogP contribution is 2.34. The van der Waals surface area contributed by atoms with Crippen molar-refractivity contribution in [1.29, 1.82) is 5.26 Å². The van der Waals surface area contributed by atoms with E-state index >= 15 is 0 Å². The fourth-order valence-electron chi connectivity index (χ4n) is 3.78. The first-order chi connectivity index (χ1) is 15.6. The van der Waals surface area contributed by atoms with Crippen molar-refractivity contribution in [2.75, 3.05) is 4.90 Å². The summed E-state index contributed by atoms with van der Waals surface area (Å²) in [5.74, 6) is -1.65. The molecule has 1 aliphatic rings. The van der Waals surface area contributed by atoms with Gasteiger partial charge in [-0.05, 0) is 87.4 Å². The number of nitrogens with zero attached hydrogens (tertiary/aromatic N) is 3. The molecular formula is C24H19FN4O2S2. The number of nitriles is 1. The number of hydrogen-bond donors (Lipinski definition) is 1. The number of halogens is 1. The summed E-state index contributed by atoms with van der Waals surface area (Å²) in [4.78, 5) is 28.1. The van der Waals surface area contributed by atoms with E-state index in [1.807, 2.05) is 38.3 Å². The van der Waals surface area contributed by atoms with Crippen molar-refractivity contribution >= 4 is 52.2 Å². The van der Waals surface area contributed by atoms with E-state index in [0.29, 0.717) is 16.8 Å². The van der Waals surface area contributed by atoms with E-state index in [1.54, 1.807) is 0 Å². The lowest BCUT2D eigenvalue weighted by Crippen LogP contribution is -2.54. The molecule has 0 atom stereocenters. The quantitative estimate of drug-likeness (QED) is 0.339. The molecule has 2 amide bonds. The maximum Gasteiger partial charge on any atom is 0.270 e. The number of carbonyl (C=O) groups is 2. The first-order valence-electron chi connectivity index (χ1n) is 10.0. The van der Waals surface area contributed by atoms with Crippen LogP contribution in [0.25, 0.3) is 11.1 Å². The molecule has 0 saturated carbocycles. The molecule has 1 fully saturated rings. The molecule has 9 heteroatoms. The summed E-state index contributed by atoms with van der Waals surface area (Å²) < 4.78 is 15.3. The maximum atomic E-state index is 13.3. The van der Waals surface area contributed by atoms with Crippen molar-refractivity contribution in [3.05, 3.63) is 74.7 Å². The highest BCUT2D eigenvalue weighted by Gasteiger charge is 2.34. The second-order valence-electron chi connectivity index (χ2n) is 7.67. The number of aromatic nitrogens is 1. The lowest BCUT2D eigenvalue weighted by molar-refractivity contribution is -0.122. The average Bonchev–Trinajstić information content (AvgIpc) is 3.20. The van der Waals surface area contributed by atoms with E-state index in [0.717, 1.165) is 26.8 Å². The van der Waals surface area contributed by atoms with Gasteiger partial charge >= 0.3 is 0 Å². The van der Waals surface area contributed by atoms with Crippen molar-refractivity contribution in [1.82, 2.24) is 9.88 Å². The smallest absolute Gasteiger partial charge is 0.270 e. The van der Waals surface area contributed by atoms with Crippen molar-refractivity contribution in [3.63, 3.8) is 0 Å². The standard InChI is InChI=1S/C24H19FN4O2S2/c1-12-9-16(14(3)28(12)23-20(11-26)13(2)15(4)33-23)10-19-21(30)27-24(32)29(22(19)31)18-7-5-17(25)6-8-18/h5-10H,1-4H3,(H,27,30,32)/b19-10-. The monoisotopic (exact) mass is 478 g/mol. The molecule has 0 radical (unpaired) electrons. The highest BCUT2D eigenvalue weighted by atomic mass is 32.1. The Hall–Kier alpha value is -3.61. The number of hydrogen-bond acceptors (Lipinski definition) is 5. The van der Waals surface area contributed by atoms with Crippen LogP contribution < -0.4 is 10.2 Å². The molecule has 1 saturated heterocycles. The summed E-state index contributed by atoms with van der Waals surface area (Å²) in [5.41, 5.74) is 4.14. The number of carbonyl (C=O) groups excluding carboxylic acids is 2. The molecule has 4 rings (SSSR count). The van der Waals surface area contributed by atoms with Gasteiger partial charge in [-0.15, -0.1) is 11.3 Å². The summed E-state index contributed by atoms with van der Waals surface area (Å²) in [7, 11) is 0. The van der Waals surface area contributed by atoms with E-state index in [4.69, 9.17) is 12.2 Å². The predicted octanol–water partition coefficient (Wildman–Crippen LogP) is 4.61. The Morgan fingerprint density at radius 3 is 2.45 bits per heavy atom. The zero-order chi connectivity index (χ0) is 24.0. The minimum absolute atomic E-state index is 0.0672. The Morgan fingerprint density at radius 1 is 1.15 bits per heavy atom. The van der Waals surface area contributed by atoms with Gasteiger partial charge in [0.1, 0.15) is 22.5 Å². The third-order valence-corrected chi connectivity index (χ3v) is 7.12. The van der Waals surface area contributed by atoms with E-state index in [9.17, 15) is 19.2 Å². The van der Waals surface area contributed by atoms with Gasteiger partial charge in [0.15, 0.2) is 5.11 Å². The maximum absolute atomic E-state index is 13.3. The summed E-state index contributed by atoms with van der Waals surface area (Å²) in [6.07, 6.45) is 1.52. The Bertz CT molecular complexity index is 1410. The van der Waals surface area contributed by atoms with Crippen LogP contribution in [-0.2, 0) is 9.59 Å². The second kappa shape index (κ2) is 8.39. The van der Waals surface area contributed by atoms with E-state index < -0.39 is 17.6 Å². The molecule has 166 valence electrons. The fourth-order valence-corrected chi connectivity index (χ4v) is 5.28. The van der Waals surface area contributed by atoms with Crippen LogP contribution >= 0.6 is 23.6 Å². The molecule has 0 bridgehead atoms. The molecule has 3 heterocycles. The van der Waals surface area contributed by atoms with E-state index in [-0.39, 0.29) is 10.7 Å². The first-order valence-corrected chi connectivity index (χ1v) is 11.2. The van der Waals surface area contributed by atoms with Crippen LogP contribution in [0.1, 0.15) is 33.0 Å². The lowest BCUT2D eigenvalue weighted by atomic mass is 10.1. The van der Waals surface area contributed by atoms with Gasteiger partial charge in [-0.2, -0.15) is 5.26 Å². The second-order valence-corrected chi connectivity index (χ2v) is 9.26. The third kappa shape index (κ3) is 3.77. The van der Waals surface area contributed by atoms with Gasteiger partial charge < -0.3 is 4.57 Å². The molecule has 0 spiro atoms. The Kier molecular flexibility index (Phi) is 5.74. The van der Waals surface area contributed by atoms with Gasteiger partial charge in [0.05, 0.1) is 11.3 Å². The van der Waals surface area contributed by atoms with Crippen molar-refractivity contribution in [2.45, 2.75) is 27.7 Å². The normalized spacial score (nSPS) is 15.2. The number of thiophene rings is 1. The molecule has 1 aliphatic heterocycles. The van der Waals surface area contributed by atoms with Crippen LogP contribution in [0, 0.1) is 44.8 Å². The molecule has 0 aliphatic carbocycles. The van der Waals surface area contributed by atoms with Crippen molar-refractivity contribution in [2.24, 2.45) is 0 Å².